The number of nitrogens with one attached hydrogen (secondary N) is 1. The van der Waals surface area contributed by atoms with Crippen LogP contribution in [-0.2, 0) is 4.74 Å². The van der Waals surface area contributed by atoms with Crippen LogP contribution in [0.2, 0.25) is 0 Å². The van der Waals surface area contributed by atoms with Gasteiger partial charge >= 0.3 is 0 Å². The Hall–Kier alpha value is 0.270. The molecule has 1 N–H and O–H groups in total. The molecule has 0 amide bonds. The van der Waals surface area contributed by atoms with Gasteiger partial charge in [-0.3, -0.25) is 0 Å². The summed E-state index contributed by atoms with van der Waals surface area (Å²) in [6.07, 6.45) is 6.99. The van der Waals surface area contributed by atoms with E-state index in [4.69, 9.17) is 4.74 Å². The highest BCUT2D eigenvalue weighted by atomic mass is 32.2. The van der Waals surface area contributed by atoms with Crippen molar-refractivity contribution in [1.82, 2.24) is 5.32 Å². The fourth-order valence-electron chi connectivity index (χ4n) is 2.46. The van der Waals surface area contributed by atoms with Gasteiger partial charge in [0.15, 0.2) is 0 Å². The van der Waals surface area contributed by atoms with Crippen LogP contribution in [0.4, 0.5) is 0 Å². The highest BCUT2D eigenvalue weighted by Crippen LogP contribution is 2.20. The van der Waals surface area contributed by atoms with E-state index in [1.54, 1.807) is 0 Å². The van der Waals surface area contributed by atoms with E-state index in [0.29, 0.717) is 12.1 Å². The number of hydrogen-bond acceptors (Lipinski definition) is 3. The van der Waals surface area contributed by atoms with Crippen LogP contribution in [0.5, 0.6) is 0 Å². The first kappa shape index (κ1) is 11.7. The van der Waals surface area contributed by atoms with Crippen LogP contribution in [0.15, 0.2) is 0 Å². The van der Waals surface area contributed by atoms with Crippen molar-refractivity contribution in [2.45, 2.75) is 57.2 Å². The van der Waals surface area contributed by atoms with Gasteiger partial charge in [0.1, 0.15) is 0 Å². The smallest absolute Gasteiger partial charge is 0.0576 e. The molecule has 2 aliphatic heterocycles. The second kappa shape index (κ2) is 6.12. The molecule has 15 heavy (non-hydrogen) atoms. The van der Waals surface area contributed by atoms with Crippen molar-refractivity contribution in [2.75, 3.05) is 18.1 Å². The molecule has 2 heterocycles. The molecule has 2 nitrogen and oxygen atoms in total. The fraction of sp³-hybridized carbons (Fsp3) is 1.00. The highest BCUT2D eigenvalue weighted by Gasteiger charge is 2.19. The average Bonchev–Trinajstić information content (AvgIpc) is 2.86. The summed E-state index contributed by atoms with van der Waals surface area (Å²) in [6, 6.07) is 1.44. The second-order valence-corrected chi connectivity index (χ2v) is 5.99. The first-order chi connectivity index (χ1) is 7.34. The van der Waals surface area contributed by atoms with E-state index in [1.807, 2.05) is 0 Å². The number of ether oxygens (including phenoxy) is 1. The van der Waals surface area contributed by atoms with Crippen LogP contribution in [0, 0.1) is 0 Å². The molecule has 2 fully saturated rings. The largest absolute Gasteiger partial charge is 0.378 e. The van der Waals surface area contributed by atoms with Gasteiger partial charge in [0, 0.05) is 24.4 Å². The molecule has 0 spiro atoms. The van der Waals surface area contributed by atoms with Gasteiger partial charge in [0.2, 0.25) is 0 Å². The third-order valence-corrected chi connectivity index (χ3v) is 4.56. The first-order valence-corrected chi connectivity index (χ1v) is 7.45. The van der Waals surface area contributed by atoms with Crippen molar-refractivity contribution in [3.05, 3.63) is 0 Å². The summed E-state index contributed by atoms with van der Waals surface area (Å²) < 4.78 is 5.64. The summed E-state index contributed by atoms with van der Waals surface area (Å²) in [4.78, 5) is 0. The summed E-state index contributed by atoms with van der Waals surface area (Å²) in [7, 11) is 0. The lowest BCUT2D eigenvalue weighted by molar-refractivity contribution is 0.0998. The van der Waals surface area contributed by atoms with Crippen molar-refractivity contribution in [1.29, 1.82) is 0 Å². The topological polar surface area (TPSA) is 21.3 Å². The van der Waals surface area contributed by atoms with Crippen LogP contribution in [0.25, 0.3) is 0 Å². The van der Waals surface area contributed by atoms with E-state index in [0.717, 1.165) is 12.6 Å². The van der Waals surface area contributed by atoms with Gasteiger partial charge < -0.3 is 10.1 Å². The molecule has 0 bridgehead atoms. The third-order valence-electron chi connectivity index (χ3n) is 3.40. The molecule has 2 aliphatic rings. The van der Waals surface area contributed by atoms with Gasteiger partial charge in [-0.2, -0.15) is 11.8 Å². The fourth-order valence-corrected chi connectivity index (χ4v) is 3.62. The van der Waals surface area contributed by atoms with E-state index < -0.39 is 0 Å². The van der Waals surface area contributed by atoms with Gasteiger partial charge in [-0.1, -0.05) is 0 Å². The quantitative estimate of drug-likeness (QED) is 0.782. The standard InChI is InChI=1S/C12H23NOS/c1-10(13-11-6-8-15-9-11)4-5-12-3-2-7-14-12/h10-13H,2-9H2,1H3. The Balaban J connectivity index is 1.57. The van der Waals surface area contributed by atoms with Gasteiger partial charge in [0.25, 0.3) is 0 Å². The predicted molar refractivity (Wildman–Crippen MR) is 66.5 cm³/mol. The lowest BCUT2D eigenvalue weighted by Crippen LogP contribution is -2.36. The predicted octanol–water partition coefficient (Wildman–Crippen LogP) is 2.43. The molecule has 0 aromatic rings. The van der Waals surface area contributed by atoms with Crippen molar-refractivity contribution < 1.29 is 4.74 Å². The lowest BCUT2D eigenvalue weighted by atomic mass is 10.1. The maximum absolute atomic E-state index is 5.64. The van der Waals surface area contributed by atoms with E-state index in [1.165, 1.54) is 43.6 Å². The summed E-state index contributed by atoms with van der Waals surface area (Å²) in [5.74, 6) is 2.65. The Bertz CT molecular complexity index is 176. The van der Waals surface area contributed by atoms with Crippen LogP contribution in [-0.4, -0.2) is 36.3 Å². The zero-order valence-corrected chi connectivity index (χ0v) is 10.5. The Morgan fingerprint density at radius 2 is 2.40 bits per heavy atom. The molecule has 3 unspecified atom stereocenters. The van der Waals surface area contributed by atoms with Gasteiger partial charge in [-0.25, -0.2) is 0 Å². The summed E-state index contributed by atoms with van der Waals surface area (Å²) in [6.45, 7) is 3.31. The number of rotatable bonds is 5. The first-order valence-electron chi connectivity index (χ1n) is 6.30. The summed E-state index contributed by atoms with van der Waals surface area (Å²) in [5.41, 5.74) is 0. The molecular formula is C12H23NOS. The number of thioether (sulfide) groups is 1. The van der Waals surface area contributed by atoms with Crippen LogP contribution in [0.1, 0.15) is 39.0 Å². The van der Waals surface area contributed by atoms with E-state index in [9.17, 15) is 0 Å². The van der Waals surface area contributed by atoms with E-state index in [-0.39, 0.29) is 0 Å². The van der Waals surface area contributed by atoms with Crippen molar-refractivity contribution in [3.8, 4) is 0 Å². The Morgan fingerprint density at radius 1 is 1.47 bits per heavy atom. The maximum atomic E-state index is 5.64. The summed E-state index contributed by atoms with van der Waals surface area (Å²) >= 11 is 2.08. The normalized spacial score (nSPS) is 33.4. The minimum absolute atomic E-state index is 0.562. The maximum Gasteiger partial charge on any atom is 0.0576 e. The lowest BCUT2D eigenvalue weighted by Gasteiger charge is -2.20. The van der Waals surface area contributed by atoms with Gasteiger partial charge in [-0.05, 0) is 44.8 Å². The molecule has 0 radical (unpaired) electrons. The Morgan fingerprint density at radius 3 is 3.07 bits per heavy atom. The van der Waals surface area contributed by atoms with Gasteiger partial charge in [0.05, 0.1) is 6.10 Å². The molecule has 2 saturated heterocycles. The van der Waals surface area contributed by atoms with E-state index in [2.05, 4.69) is 24.0 Å². The Kier molecular flexibility index (Phi) is 4.79. The minimum Gasteiger partial charge on any atom is -0.378 e. The Labute approximate surface area is 97.5 Å². The van der Waals surface area contributed by atoms with Crippen molar-refractivity contribution in [2.24, 2.45) is 0 Å². The zero-order valence-electron chi connectivity index (χ0n) is 9.71. The molecule has 88 valence electrons. The summed E-state index contributed by atoms with van der Waals surface area (Å²) in [5, 5.41) is 3.73. The average molecular weight is 229 g/mol. The van der Waals surface area contributed by atoms with Crippen molar-refractivity contribution in [3.63, 3.8) is 0 Å². The molecule has 0 saturated carbocycles. The number of hydrogen-bond donors (Lipinski definition) is 1. The molecular weight excluding hydrogens is 206 g/mol. The molecule has 0 aliphatic carbocycles. The molecule has 3 atom stereocenters. The van der Waals surface area contributed by atoms with E-state index >= 15 is 0 Å². The zero-order chi connectivity index (χ0) is 10.5. The highest BCUT2D eigenvalue weighted by molar-refractivity contribution is 7.99. The minimum atomic E-state index is 0.562. The molecule has 3 heteroatoms. The molecule has 0 aromatic heterocycles. The monoisotopic (exact) mass is 229 g/mol. The molecule has 0 aromatic carbocycles. The SMILES string of the molecule is CC(CCC1CCCO1)NC1CCSC1. The van der Waals surface area contributed by atoms with Crippen LogP contribution >= 0.6 is 11.8 Å². The second-order valence-electron chi connectivity index (χ2n) is 4.84. The van der Waals surface area contributed by atoms with Gasteiger partial charge in [-0.15, -0.1) is 0 Å². The van der Waals surface area contributed by atoms with Crippen LogP contribution < -0.4 is 5.32 Å². The van der Waals surface area contributed by atoms with Crippen molar-refractivity contribution >= 4 is 11.8 Å². The third kappa shape index (κ3) is 3.97. The van der Waals surface area contributed by atoms with Crippen LogP contribution in [0.3, 0.4) is 0 Å². The molecule has 2 rings (SSSR count).